The second-order valence-corrected chi connectivity index (χ2v) is 6.73. The molecule has 1 aromatic rings. The second kappa shape index (κ2) is 8.92. The first-order chi connectivity index (χ1) is 11.5. The van der Waals surface area contributed by atoms with Crippen LogP contribution in [-0.4, -0.2) is 50.1 Å². The van der Waals surface area contributed by atoms with Crippen molar-refractivity contribution in [3.8, 4) is 0 Å². The predicted octanol–water partition coefficient (Wildman–Crippen LogP) is 2.58. The van der Waals surface area contributed by atoms with Crippen molar-refractivity contribution in [2.45, 2.75) is 33.6 Å². The second-order valence-electron chi connectivity index (χ2n) is 6.73. The van der Waals surface area contributed by atoms with Crippen LogP contribution in [0.1, 0.15) is 44.0 Å². The van der Waals surface area contributed by atoms with E-state index in [0.29, 0.717) is 17.8 Å². The molecule has 0 atom stereocenters. The van der Waals surface area contributed by atoms with Crippen molar-refractivity contribution < 1.29 is 4.79 Å². The number of carbonyl (C=O) groups is 1. The van der Waals surface area contributed by atoms with Gasteiger partial charge in [-0.2, -0.15) is 0 Å². The number of rotatable bonds is 7. The van der Waals surface area contributed by atoms with Gasteiger partial charge in [-0.15, -0.1) is 0 Å². The SMILES string of the molecule is CCN(CC)CCNC(=O)c1cc(N)ccc1N1CCC(C)CC1. The first-order valence-electron chi connectivity index (χ1n) is 9.20. The Morgan fingerprint density at radius 2 is 1.96 bits per heavy atom. The van der Waals surface area contributed by atoms with Crippen LogP contribution < -0.4 is 16.0 Å². The number of piperidine rings is 1. The van der Waals surface area contributed by atoms with Gasteiger partial charge in [0.2, 0.25) is 0 Å². The van der Waals surface area contributed by atoms with Gasteiger partial charge in [0, 0.05) is 37.6 Å². The molecule has 1 saturated heterocycles. The summed E-state index contributed by atoms with van der Waals surface area (Å²) in [6.45, 7) is 12.1. The Hall–Kier alpha value is -1.75. The number of amides is 1. The minimum atomic E-state index is -0.0249. The fraction of sp³-hybridized carbons (Fsp3) is 0.632. The summed E-state index contributed by atoms with van der Waals surface area (Å²) in [5.41, 5.74) is 8.28. The Kier molecular flexibility index (Phi) is 6.91. The highest BCUT2D eigenvalue weighted by atomic mass is 16.1. The molecule has 1 amide bonds. The van der Waals surface area contributed by atoms with Crippen molar-refractivity contribution in [1.82, 2.24) is 10.2 Å². The largest absolute Gasteiger partial charge is 0.399 e. The zero-order valence-electron chi connectivity index (χ0n) is 15.3. The minimum absolute atomic E-state index is 0.0249. The van der Waals surface area contributed by atoms with Crippen LogP contribution in [-0.2, 0) is 0 Å². The molecule has 2 rings (SSSR count). The van der Waals surface area contributed by atoms with Crippen LogP contribution in [0.4, 0.5) is 11.4 Å². The van der Waals surface area contributed by atoms with Gasteiger partial charge in [-0.05, 0) is 50.0 Å². The Balaban J connectivity index is 2.05. The number of nitrogens with zero attached hydrogens (tertiary/aromatic N) is 2. The predicted molar refractivity (Wildman–Crippen MR) is 102 cm³/mol. The lowest BCUT2D eigenvalue weighted by molar-refractivity contribution is 0.0949. The molecule has 0 saturated carbocycles. The van der Waals surface area contributed by atoms with Crippen LogP contribution in [0.15, 0.2) is 18.2 Å². The molecule has 1 aromatic carbocycles. The van der Waals surface area contributed by atoms with Gasteiger partial charge in [0.25, 0.3) is 5.91 Å². The average Bonchev–Trinajstić information content (AvgIpc) is 2.59. The van der Waals surface area contributed by atoms with E-state index < -0.39 is 0 Å². The maximum Gasteiger partial charge on any atom is 0.253 e. The van der Waals surface area contributed by atoms with E-state index in [4.69, 9.17) is 5.73 Å². The number of hydrogen-bond acceptors (Lipinski definition) is 4. The van der Waals surface area contributed by atoms with Crippen LogP contribution in [0.5, 0.6) is 0 Å². The van der Waals surface area contributed by atoms with E-state index in [1.165, 1.54) is 12.8 Å². The third kappa shape index (κ3) is 4.87. The maximum atomic E-state index is 12.7. The van der Waals surface area contributed by atoms with Gasteiger partial charge in [-0.1, -0.05) is 20.8 Å². The van der Waals surface area contributed by atoms with Crippen molar-refractivity contribution >= 4 is 17.3 Å². The van der Waals surface area contributed by atoms with E-state index in [2.05, 4.69) is 35.9 Å². The summed E-state index contributed by atoms with van der Waals surface area (Å²) in [4.78, 5) is 17.3. The molecule has 1 aliphatic rings. The molecule has 0 aliphatic carbocycles. The summed E-state index contributed by atoms with van der Waals surface area (Å²) in [6, 6.07) is 5.69. The highest BCUT2D eigenvalue weighted by Crippen LogP contribution is 2.27. The molecule has 0 bridgehead atoms. The van der Waals surface area contributed by atoms with Gasteiger partial charge in [-0.3, -0.25) is 4.79 Å². The van der Waals surface area contributed by atoms with Crippen LogP contribution in [0.25, 0.3) is 0 Å². The standard InChI is InChI=1S/C19H32N4O/c1-4-22(5-2)13-10-21-19(24)17-14-16(20)6-7-18(17)23-11-8-15(3)9-12-23/h6-7,14-15H,4-5,8-13,20H2,1-3H3,(H,21,24). The van der Waals surface area contributed by atoms with E-state index in [9.17, 15) is 4.79 Å². The summed E-state index contributed by atoms with van der Waals surface area (Å²) >= 11 is 0. The van der Waals surface area contributed by atoms with Crippen LogP contribution >= 0.6 is 0 Å². The molecule has 0 unspecified atom stereocenters. The maximum absolute atomic E-state index is 12.7. The van der Waals surface area contributed by atoms with E-state index in [0.717, 1.165) is 44.3 Å². The molecule has 134 valence electrons. The average molecular weight is 332 g/mol. The topological polar surface area (TPSA) is 61.6 Å². The van der Waals surface area contributed by atoms with Gasteiger partial charge in [0.05, 0.1) is 5.56 Å². The Labute approximate surface area is 146 Å². The number of carbonyl (C=O) groups excluding carboxylic acids is 1. The van der Waals surface area contributed by atoms with Gasteiger partial charge < -0.3 is 20.9 Å². The fourth-order valence-electron chi connectivity index (χ4n) is 3.22. The number of benzene rings is 1. The van der Waals surface area contributed by atoms with Crippen LogP contribution in [0, 0.1) is 5.92 Å². The highest BCUT2D eigenvalue weighted by molar-refractivity contribution is 6.00. The van der Waals surface area contributed by atoms with Gasteiger partial charge in [-0.25, -0.2) is 0 Å². The van der Waals surface area contributed by atoms with Crippen molar-refractivity contribution in [1.29, 1.82) is 0 Å². The zero-order valence-corrected chi connectivity index (χ0v) is 15.3. The molecule has 1 fully saturated rings. The number of nitrogen functional groups attached to an aromatic ring is 1. The molecule has 5 nitrogen and oxygen atoms in total. The lowest BCUT2D eigenvalue weighted by atomic mass is 9.98. The van der Waals surface area contributed by atoms with Gasteiger partial charge in [0.1, 0.15) is 0 Å². The van der Waals surface area contributed by atoms with E-state index in [1.807, 2.05) is 12.1 Å². The van der Waals surface area contributed by atoms with E-state index in [1.54, 1.807) is 6.07 Å². The van der Waals surface area contributed by atoms with Crippen molar-refractivity contribution in [3.05, 3.63) is 23.8 Å². The van der Waals surface area contributed by atoms with Crippen molar-refractivity contribution in [2.24, 2.45) is 5.92 Å². The molecule has 24 heavy (non-hydrogen) atoms. The first-order valence-corrected chi connectivity index (χ1v) is 9.20. The highest BCUT2D eigenvalue weighted by Gasteiger charge is 2.21. The molecular formula is C19H32N4O. The summed E-state index contributed by atoms with van der Waals surface area (Å²) in [5, 5.41) is 3.05. The number of nitrogens with one attached hydrogen (secondary N) is 1. The number of hydrogen-bond donors (Lipinski definition) is 2. The molecule has 1 heterocycles. The lowest BCUT2D eigenvalue weighted by Crippen LogP contribution is -2.37. The van der Waals surface area contributed by atoms with Crippen LogP contribution in [0.2, 0.25) is 0 Å². The molecule has 1 aliphatic heterocycles. The molecule has 5 heteroatoms. The molecule has 0 aromatic heterocycles. The lowest BCUT2D eigenvalue weighted by Gasteiger charge is -2.33. The van der Waals surface area contributed by atoms with E-state index in [-0.39, 0.29) is 5.91 Å². The van der Waals surface area contributed by atoms with Crippen molar-refractivity contribution in [2.75, 3.05) is 49.9 Å². The molecule has 0 spiro atoms. The fourth-order valence-corrected chi connectivity index (χ4v) is 3.22. The van der Waals surface area contributed by atoms with E-state index >= 15 is 0 Å². The number of likely N-dealkylation sites (N-methyl/N-ethyl adjacent to an activating group) is 1. The Bertz CT molecular complexity index is 534. The Morgan fingerprint density at radius 3 is 2.58 bits per heavy atom. The first kappa shape index (κ1) is 18.6. The summed E-state index contributed by atoms with van der Waals surface area (Å²) in [7, 11) is 0. The summed E-state index contributed by atoms with van der Waals surface area (Å²) in [5.74, 6) is 0.740. The van der Waals surface area contributed by atoms with Gasteiger partial charge in [0.15, 0.2) is 0 Å². The number of nitrogens with two attached hydrogens (primary N) is 1. The molecule has 3 N–H and O–H groups in total. The summed E-state index contributed by atoms with van der Waals surface area (Å²) in [6.07, 6.45) is 2.35. The zero-order chi connectivity index (χ0) is 17.5. The minimum Gasteiger partial charge on any atom is -0.399 e. The van der Waals surface area contributed by atoms with Crippen molar-refractivity contribution in [3.63, 3.8) is 0 Å². The normalized spacial score (nSPS) is 15.8. The Morgan fingerprint density at radius 1 is 1.29 bits per heavy atom. The summed E-state index contributed by atoms with van der Waals surface area (Å²) < 4.78 is 0. The third-order valence-corrected chi connectivity index (χ3v) is 5.00. The quantitative estimate of drug-likeness (QED) is 0.754. The van der Waals surface area contributed by atoms with Gasteiger partial charge >= 0.3 is 0 Å². The third-order valence-electron chi connectivity index (χ3n) is 5.00. The number of anilines is 2. The smallest absolute Gasteiger partial charge is 0.253 e. The monoisotopic (exact) mass is 332 g/mol. The molecular weight excluding hydrogens is 300 g/mol. The van der Waals surface area contributed by atoms with Crippen LogP contribution in [0.3, 0.4) is 0 Å². The molecule has 0 radical (unpaired) electrons.